The number of benzene rings is 2. The maximum Gasteiger partial charge on any atom is 0.282 e. The van der Waals surface area contributed by atoms with Gasteiger partial charge in [-0.2, -0.15) is 5.10 Å². The Labute approximate surface area is 151 Å². The van der Waals surface area contributed by atoms with Gasteiger partial charge in [0.05, 0.1) is 28.5 Å². The largest absolute Gasteiger partial charge is 0.454 e. The van der Waals surface area contributed by atoms with Crippen LogP contribution in [0.2, 0.25) is 0 Å². The van der Waals surface area contributed by atoms with Gasteiger partial charge in [0.15, 0.2) is 11.5 Å². The Balaban J connectivity index is 1.53. The highest BCUT2D eigenvalue weighted by Crippen LogP contribution is 2.37. The number of ether oxygens (including phenoxy) is 2. The van der Waals surface area contributed by atoms with Gasteiger partial charge < -0.3 is 9.47 Å². The van der Waals surface area contributed by atoms with Gasteiger partial charge in [-0.05, 0) is 6.07 Å². The molecule has 1 aromatic heterocycles. The van der Waals surface area contributed by atoms with Crippen LogP contribution in [0.15, 0.2) is 52.9 Å². The molecule has 130 valence electrons. The summed E-state index contributed by atoms with van der Waals surface area (Å²) in [5.41, 5.74) is 4.85. The van der Waals surface area contributed by atoms with Crippen molar-refractivity contribution in [1.29, 1.82) is 0 Å². The molecule has 26 heavy (non-hydrogen) atoms. The van der Waals surface area contributed by atoms with Crippen LogP contribution in [0.4, 0.5) is 10.8 Å². The zero-order chi connectivity index (χ0) is 17.9. The van der Waals surface area contributed by atoms with E-state index in [1.807, 2.05) is 35.7 Å². The summed E-state index contributed by atoms with van der Waals surface area (Å²) in [5.74, 6) is 0.812. The lowest BCUT2D eigenvalue weighted by Gasteiger charge is -2.00. The molecular weight excluding hydrogens is 356 g/mol. The third kappa shape index (κ3) is 3.20. The third-order valence-electron chi connectivity index (χ3n) is 3.66. The van der Waals surface area contributed by atoms with Crippen molar-refractivity contribution in [2.24, 2.45) is 5.10 Å². The predicted octanol–water partition coefficient (Wildman–Crippen LogP) is 3.89. The van der Waals surface area contributed by atoms with Gasteiger partial charge in [0, 0.05) is 10.9 Å². The number of fused-ring (bicyclic) bond motifs is 1. The van der Waals surface area contributed by atoms with E-state index in [1.165, 1.54) is 29.7 Å². The molecule has 0 aliphatic carbocycles. The number of nitro benzene ring substituents is 1. The molecule has 3 aromatic rings. The summed E-state index contributed by atoms with van der Waals surface area (Å²) in [5, 5.41) is 17.8. The van der Waals surface area contributed by atoms with Crippen LogP contribution >= 0.6 is 11.3 Å². The highest BCUT2D eigenvalue weighted by molar-refractivity contribution is 7.14. The van der Waals surface area contributed by atoms with Gasteiger partial charge >= 0.3 is 0 Å². The molecule has 0 bridgehead atoms. The lowest BCUT2D eigenvalue weighted by atomic mass is 10.1. The molecule has 1 N–H and O–H groups in total. The molecule has 1 aliphatic heterocycles. The number of thiazole rings is 1. The molecule has 0 fully saturated rings. The lowest BCUT2D eigenvalue weighted by molar-refractivity contribution is -0.385. The summed E-state index contributed by atoms with van der Waals surface area (Å²) in [6, 6.07) is 12.6. The number of hydrogen-bond donors (Lipinski definition) is 1. The van der Waals surface area contributed by atoms with E-state index in [2.05, 4.69) is 15.5 Å². The number of hydrazone groups is 1. The monoisotopic (exact) mass is 368 g/mol. The molecule has 1 aliphatic rings. The fraction of sp³-hybridized carbons (Fsp3) is 0.0588. The van der Waals surface area contributed by atoms with Crippen LogP contribution in [-0.2, 0) is 0 Å². The van der Waals surface area contributed by atoms with Crippen molar-refractivity contribution in [2.45, 2.75) is 0 Å². The SMILES string of the molecule is O=[N+]([O-])c1cc2c(cc1/C=N\Nc1nc(-c3ccccc3)cs1)OCO2. The molecule has 2 aromatic carbocycles. The first-order valence-electron chi connectivity index (χ1n) is 7.59. The highest BCUT2D eigenvalue weighted by atomic mass is 32.1. The quantitative estimate of drug-likeness (QED) is 0.417. The van der Waals surface area contributed by atoms with E-state index in [4.69, 9.17) is 9.47 Å². The zero-order valence-electron chi connectivity index (χ0n) is 13.3. The second-order valence-electron chi connectivity index (χ2n) is 5.30. The number of nitrogens with one attached hydrogen (secondary N) is 1. The van der Waals surface area contributed by atoms with E-state index >= 15 is 0 Å². The fourth-order valence-electron chi connectivity index (χ4n) is 2.43. The molecule has 0 amide bonds. The second kappa shape index (κ2) is 6.81. The van der Waals surface area contributed by atoms with Crippen molar-refractivity contribution in [3.63, 3.8) is 0 Å². The molecule has 0 saturated carbocycles. The molecule has 8 nitrogen and oxygen atoms in total. The molecule has 0 radical (unpaired) electrons. The maximum atomic E-state index is 11.2. The number of nitrogens with zero attached hydrogens (tertiary/aromatic N) is 3. The van der Waals surface area contributed by atoms with E-state index in [-0.39, 0.29) is 12.5 Å². The van der Waals surface area contributed by atoms with Crippen molar-refractivity contribution in [1.82, 2.24) is 4.98 Å². The zero-order valence-corrected chi connectivity index (χ0v) is 14.1. The topological polar surface area (TPSA) is 98.9 Å². The van der Waals surface area contributed by atoms with Crippen molar-refractivity contribution in [3.8, 4) is 22.8 Å². The van der Waals surface area contributed by atoms with Gasteiger partial charge in [0.25, 0.3) is 5.69 Å². The van der Waals surface area contributed by atoms with Crippen molar-refractivity contribution in [2.75, 3.05) is 12.2 Å². The maximum absolute atomic E-state index is 11.2. The Hall–Kier alpha value is -3.46. The molecule has 4 rings (SSSR count). The van der Waals surface area contributed by atoms with Crippen LogP contribution in [0.3, 0.4) is 0 Å². The summed E-state index contributed by atoms with van der Waals surface area (Å²) in [6.07, 6.45) is 1.36. The van der Waals surface area contributed by atoms with Crippen molar-refractivity contribution < 1.29 is 14.4 Å². The van der Waals surface area contributed by atoms with Crippen LogP contribution < -0.4 is 14.9 Å². The van der Waals surface area contributed by atoms with E-state index in [9.17, 15) is 10.1 Å². The Morgan fingerprint density at radius 3 is 2.77 bits per heavy atom. The van der Waals surface area contributed by atoms with Crippen LogP contribution in [0.1, 0.15) is 5.56 Å². The summed E-state index contributed by atoms with van der Waals surface area (Å²) in [7, 11) is 0. The van der Waals surface area contributed by atoms with Crippen LogP contribution in [0.5, 0.6) is 11.5 Å². The molecule has 0 atom stereocenters. The fourth-order valence-corrected chi connectivity index (χ4v) is 3.10. The summed E-state index contributed by atoms with van der Waals surface area (Å²) in [4.78, 5) is 15.2. The van der Waals surface area contributed by atoms with Gasteiger partial charge in [-0.3, -0.25) is 15.5 Å². The number of rotatable bonds is 5. The average molecular weight is 368 g/mol. The minimum atomic E-state index is -0.486. The molecule has 0 unspecified atom stereocenters. The van der Waals surface area contributed by atoms with Crippen LogP contribution in [0.25, 0.3) is 11.3 Å². The first-order chi connectivity index (χ1) is 12.7. The predicted molar refractivity (Wildman–Crippen MR) is 98.0 cm³/mol. The van der Waals surface area contributed by atoms with Gasteiger partial charge in [-0.25, -0.2) is 4.98 Å². The lowest BCUT2D eigenvalue weighted by Crippen LogP contribution is -1.97. The number of nitro groups is 1. The van der Waals surface area contributed by atoms with Crippen LogP contribution in [0, 0.1) is 10.1 Å². The molecule has 9 heteroatoms. The first-order valence-corrected chi connectivity index (χ1v) is 8.47. The third-order valence-corrected chi connectivity index (χ3v) is 4.40. The normalized spacial score (nSPS) is 12.5. The standard InChI is InChI=1S/C17H12N4O4S/c22-21(23)14-7-16-15(24-10-25-16)6-12(14)8-18-20-17-19-13(9-26-17)11-4-2-1-3-5-11/h1-9H,10H2,(H,19,20)/b18-8-. The molecular formula is C17H12N4O4S. The average Bonchev–Trinajstić information content (AvgIpc) is 3.30. The Bertz CT molecular complexity index is 988. The number of aromatic nitrogens is 1. The number of anilines is 1. The first kappa shape index (κ1) is 16.0. The summed E-state index contributed by atoms with van der Waals surface area (Å²) < 4.78 is 10.4. The second-order valence-corrected chi connectivity index (χ2v) is 6.15. The van der Waals surface area contributed by atoms with E-state index in [0.29, 0.717) is 22.2 Å². The Kier molecular flexibility index (Phi) is 4.20. The highest BCUT2D eigenvalue weighted by Gasteiger charge is 2.22. The Morgan fingerprint density at radius 2 is 2.00 bits per heavy atom. The van der Waals surface area contributed by atoms with Gasteiger partial charge in [0.2, 0.25) is 11.9 Å². The Morgan fingerprint density at radius 1 is 1.23 bits per heavy atom. The van der Waals surface area contributed by atoms with Gasteiger partial charge in [-0.1, -0.05) is 30.3 Å². The summed E-state index contributed by atoms with van der Waals surface area (Å²) in [6.45, 7) is 0.0483. The minimum absolute atomic E-state index is 0.0483. The molecule has 0 saturated heterocycles. The van der Waals surface area contributed by atoms with Crippen molar-refractivity contribution in [3.05, 3.63) is 63.5 Å². The smallest absolute Gasteiger partial charge is 0.282 e. The molecule has 0 spiro atoms. The van der Waals surface area contributed by atoms with E-state index in [0.717, 1.165) is 11.3 Å². The van der Waals surface area contributed by atoms with Crippen molar-refractivity contribution >= 4 is 28.4 Å². The van der Waals surface area contributed by atoms with Crippen LogP contribution in [-0.4, -0.2) is 22.9 Å². The summed E-state index contributed by atoms with van der Waals surface area (Å²) >= 11 is 1.40. The van der Waals surface area contributed by atoms with E-state index in [1.54, 1.807) is 0 Å². The van der Waals surface area contributed by atoms with Gasteiger partial charge in [-0.15, -0.1) is 11.3 Å². The molecule has 2 heterocycles. The van der Waals surface area contributed by atoms with Gasteiger partial charge in [0.1, 0.15) is 0 Å². The van der Waals surface area contributed by atoms with E-state index < -0.39 is 4.92 Å². The minimum Gasteiger partial charge on any atom is -0.454 e. The number of hydrogen-bond acceptors (Lipinski definition) is 8.